The maximum atomic E-state index is 12.7. The molecule has 1 aromatic carbocycles. The highest BCUT2D eigenvalue weighted by molar-refractivity contribution is 7.89. The molecule has 1 heterocycles. The molecule has 1 saturated heterocycles. The van der Waals surface area contributed by atoms with Crippen LogP contribution in [0.2, 0.25) is 0 Å². The molecule has 2 atom stereocenters. The maximum Gasteiger partial charge on any atom is 0.243 e. The summed E-state index contributed by atoms with van der Waals surface area (Å²) in [7, 11) is -3.50. The van der Waals surface area contributed by atoms with E-state index >= 15 is 0 Å². The van der Waals surface area contributed by atoms with Gasteiger partial charge in [0.25, 0.3) is 0 Å². The van der Waals surface area contributed by atoms with Gasteiger partial charge in [0.2, 0.25) is 15.9 Å². The molecule has 3 N–H and O–H groups in total. The Bertz CT molecular complexity index is 658. The second-order valence-electron chi connectivity index (χ2n) is 6.13. The van der Waals surface area contributed by atoms with Crippen molar-refractivity contribution in [2.75, 3.05) is 18.4 Å². The van der Waals surface area contributed by atoms with Gasteiger partial charge in [0.05, 0.1) is 10.8 Å². The molecule has 2 rings (SSSR count). The van der Waals surface area contributed by atoms with E-state index in [0.717, 1.165) is 19.3 Å². The summed E-state index contributed by atoms with van der Waals surface area (Å²) in [6.07, 6.45) is 2.85. The third-order valence-corrected chi connectivity index (χ3v) is 6.15. The van der Waals surface area contributed by atoms with Crippen molar-refractivity contribution in [2.45, 2.75) is 44.0 Å². The minimum absolute atomic E-state index is 0. The topological polar surface area (TPSA) is 92.5 Å². The summed E-state index contributed by atoms with van der Waals surface area (Å²) >= 11 is 0. The number of piperidine rings is 1. The van der Waals surface area contributed by atoms with E-state index in [2.05, 4.69) is 5.32 Å². The first-order chi connectivity index (χ1) is 10.8. The second kappa shape index (κ2) is 8.80. The Hall–Kier alpha value is -1.15. The summed E-state index contributed by atoms with van der Waals surface area (Å²) in [5.74, 6) is -0.565. The summed E-state index contributed by atoms with van der Waals surface area (Å²) in [5, 5.41) is 2.74. The van der Waals surface area contributed by atoms with Crippen LogP contribution in [0.3, 0.4) is 0 Å². The molecule has 8 heteroatoms. The summed E-state index contributed by atoms with van der Waals surface area (Å²) in [6, 6.07) is 6.13. The van der Waals surface area contributed by atoms with Crippen LogP contribution in [0.1, 0.15) is 33.1 Å². The van der Waals surface area contributed by atoms with Crippen LogP contribution in [0.5, 0.6) is 0 Å². The zero-order valence-corrected chi connectivity index (χ0v) is 15.7. The molecule has 0 radical (unpaired) electrons. The number of hydrogen-bond donors (Lipinski definition) is 2. The Morgan fingerprint density at radius 2 is 1.83 bits per heavy atom. The van der Waals surface area contributed by atoms with Gasteiger partial charge >= 0.3 is 0 Å². The number of nitrogens with two attached hydrogens (primary N) is 1. The molecule has 0 bridgehead atoms. The highest BCUT2D eigenvalue weighted by Gasteiger charge is 2.26. The third-order valence-electron chi connectivity index (χ3n) is 4.26. The number of nitrogens with one attached hydrogen (secondary N) is 1. The van der Waals surface area contributed by atoms with Crippen LogP contribution in [0.4, 0.5) is 5.69 Å². The lowest BCUT2D eigenvalue weighted by atomic mass is 10.0. The molecule has 1 aliphatic rings. The largest absolute Gasteiger partial charge is 0.327 e. The zero-order valence-electron chi connectivity index (χ0n) is 14.1. The predicted molar refractivity (Wildman–Crippen MR) is 97.7 cm³/mol. The average Bonchev–Trinajstić information content (AvgIpc) is 2.55. The monoisotopic (exact) mass is 375 g/mol. The third kappa shape index (κ3) is 4.92. The summed E-state index contributed by atoms with van der Waals surface area (Å²) in [5.41, 5.74) is 6.20. The van der Waals surface area contributed by atoms with Crippen LogP contribution < -0.4 is 11.1 Å². The Labute approximate surface area is 150 Å². The van der Waals surface area contributed by atoms with Crippen LogP contribution in [-0.2, 0) is 14.8 Å². The number of benzene rings is 1. The van der Waals surface area contributed by atoms with Gasteiger partial charge in [-0.1, -0.05) is 19.4 Å². The average molecular weight is 376 g/mol. The molecule has 2 unspecified atom stereocenters. The SMILES string of the molecule is CC(N)C(C)C(=O)Nc1cccc(S(=O)(=O)N2CCCCC2)c1.Cl. The van der Waals surface area contributed by atoms with Gasteiger partial charge in [-0.25, -0.2) is 8.42 Å². The number of anilines is 1. The van der Waals surface area contributed by atoms with Crippen LogP contribution >= 0.6 is 12.4 Å². The fourth-order valence-electron chi connectivity index (χ4n) is 2.48. The molecule has 1 fully saturated rings. The van der Waals surface area contributed by atoms with E-state index in [1.807, 2.05) is 0 Å². The lowest BCUT2D eigenvalue weighted by Crippen LogP contribution is -2.36. The smallest absolute Gasteiger partial charge is 0.243 e. The van der Waals surface area contributed by atoms with Gasteiger partial charge in [-0.15, -0.1) is 12.4 Å². The number of carbonyl (C=O) groups is 1. The Morgan fingerprint density at radius 1 is 1.21 bits per heavy atom. The molecule has 0 aromatic heterocycles. The molecule has 1 amide bonds. The van der Waals surface area contributed by atoms with E-state index in [4.69, 9.17) is 5.73 Å². The lowest BCUT2D eigenvalue weighted by Gasteiger charge is -2.26. The Balaban J connectivity index is 0.00000288. The Morgan fingerprint density at radius 3 is 2.42 bits per heavy atom. The predicted octanol–water partition coefficient (Wildman–Crippen LogP) is 2.20. The van der Waals surface area contributed by atoms with Crippen molar-refractivity contribution in [1.82, 2.24) is 4.31 Å². The van der Waals surface area contributed by atoms with Crippen molar-refractivity contribution in [3.8, 4) is 0 Å². The molecule has 1 aromatic rings. The maximum absolute atomic E-state index is 12.7. The fourth-order valence-corrected chi connectivity index (χ4v) is 4.05. The molecular formula is C16H26ClN3O3S. The number of halogens is 1. The van der Waals surface area contributed by atoms with Crippen LogP contribution in [0.25, 0.3) is 0 Å². The molecule has 0 aliphatic carbocycles. The zero-order chi connectivity index (χ0) is 17.0. The van der Waals surface area contributed by atoms with Gasteiger partial charge in [0.1, 0.15) is 0 Å². The highest BCUT2D eigenvalue weighted by Crippen LogP contribution is 2.23. The van der Waals surface area contributed by atoms with Gasteiger partial charge in [-0.05, 0) is 38.0 Å². The molecule has 24 heavy (non-hydrogen) atoms. The van der Waals surface area contributed by atoms with Crippen molar-refractivity contribution >= 4 is 34.0 Å². The van der Waals surface area contributed by atoms with Gasteiger partial charge in [0.15, 0.2) is 0 Å². The van der Waals surface area contributed by atoms with E-state index in [0.29, 0.717) is 18.8 Å². The van der Waals surface area contributed by atoms with Crippen molar-refractivity contribution in [2.24, 2.45) is 11.7 Å². The Kier molecular flexibility index (Phi) is 7.66. The van der Waals surface area contributed by atoms with Gasteiger partial charge in [-0.3, -0.25) is 4.79 Å². The summed E-state index contributed by atoms with van der Waals surface area (Å²) < 4.78 is 26.8. The number of amides is 1. The second-order valence-corrected chi connectivity index (χ2v) is 8.07. The minimum Gasteiger partial charge on any atom is -0.327 e. The standard InChI is InChI=1S/C16H25N3O3S.ClH/c1-12(13(2)17)16(20)18-14-7-6-8-15(11-14)23(21,22)19-9-4-3-5-10-19;/h6-8,11-13H,3-5,9-10,17H2,1-2H3,(H,18,20);1H. The van der Waals surface area contributed by atoms with E-state index in [1.54, 1.807) is 32.0 Å². The van der Waals surface area contributed by atoms with Gasteiger partial charge in [-0.2, -0.15) is 4.31 Å². The first kappa shape index (κ1) is 20.9. The van der Waals surface area contributed by atoms with Crippen LogP contribution in [0.15, 0.2) is 29.2 Å². The molecule has 136 valence electrons. The summed E-state index contributed by atoms with van der Waals surface area (Å²) in [6.45, 7) is 4.62. The van der Waals surface area contributed by atoms with E-state index < -0.39 is 10.0 Å². The number of sulfonamides is 1. The van der Waals surface area contributed by atoms with Crippen molar-refractivity contribution in [3.05, 3.63) is 24.3 Å². The first-order valence-electron chi connectivity index (χ1n) is 7.99. The highest BCUT2D eigenvalue weighted by atomic mass is 35.5. The van der Waals surface area contributed by atoms with Crippen molar-refractivity contribution < 1.29 is 13.2 Å². The van der Waals surface area contributed by atoms with Crippen molar-refractivity contribution in [1.29, 1.82) is 0 Å². The molecule has 1 aliphatic heterocycles. The van der Waals surface area contributed by atoms with Gasteiger partial charge < -0.3 is 11.1 Å². The molecule has 0 spiro atoms. The van der Waals surface area contributed by atoms with Crippen molar-refractivity contribution in [3.63, 3.8) is 0 Å². The lowest BCUT2D eigenvalue weighted by molar-refractivity contribution is -0.119. The number of carbonyl (C=O) groups excluding carboxylic acids is 1. The fraction of sp³-hybridized carbons (Fsp3) is 0.562. The number of nitrogens with zero attached hydrogens (tertiary/aromatic N) is 1. The van der Waals surface area contributed by atoms with E-state index in [9.17, 15) is 13.2 Å². The number of hydrogen-bond acceptors (Lipinski definition) is 4. The first-order valence-corrected chi connectivity index (χ1v) is 9.43. The van der Waals surface area contributed by atoms with Crippen LogP contribution in [-0.4, -0.2) is 37.8 Å². The summed E-state index contributed by atoms with van der Waals surface area (Å²) in [4.78, 5) is 12.3. The molecule has 0 saturated carbocycles. The van der Waals surface area contributed by atoms with E-state index in [1.165, 1.54) is 10.4 Å². The quantitative estimate of drug-likeness (QED) is 0.825. The number of rotatable bonds is 5. The normalized spacial score (nSPS) is 18.3. The molecular weight excluding hydrogens is 350 g/mol. The minimum atomic E-state index is -3.50. The van der Waals surface area contributed by atoms with Crippen LogP contribution in [0, 0.1) is 5.92 Å². The van der Waals surface area contributed by atoms with Gasteiger partial charge in [0, 0.05) is 24.8 Å². The van der Waals surface area contributed by atoms with E-state index in [-0.39, 0.29) is 35.2 Å². The molecule has 6 nitrogen and oxygen atoms in total.